The Morgan fingerprint density at radius 1 is 1.25 bits per heavy atom. The molecule has 0 spiro atoms. The highest BCUT2D eigenvalue weighted by atomic mass is 35.5. The highest BCUT2D eigenvalue weighted by molar-refractivity contribution is 6.29. The summed E-state index contributed by atoms with van der Waals surface area (Å²) in [6.45, 7) is 12.9. The van der Waals surface area contributed by atoms with Crippen LogP contribution in [-0.4, -0.2) is 35.8 Å². The molecule has 1 aromatic carbocycles. The molecule has 1 aromatic rings. The molecule has 0 aromatic heterocycles. The normalized spacial score (nSPS) is 16.1. The number of hydrogen-bond acceptors (Lipinski definition) is 2. The van der Waals surface area contributed by atoms with Gasteiger partial charge in [-0.25, -0.2) is 0 Å². The average Bonchev–Trinajstić information content (AvgIpc) is 2.55. The van der Waals surface area contributed by atoms with E-state index in [4.69, 9.17) is 11.6 Å². The number of allylic oxidation sites excluding steroid dienone is 1. The second-order valence-electron chi connectivity index (χ2n) is 7.75. The van der Waals surface area contributed by atoms with Crippen LogP contribution in [0.25, 0.3) is 0 Å². The van der Waals surface area contributed by atoms with Crippen molar-refractivity contribution >= 4 is 23.2 Å². The smallest absolute Gasteiger partial charge is 0.242 e. The molecule has 0 saturated carbocycles. The molecule has 1 amide bonds. The number of para-hydroxylation sites is 1. The number of amides is 1. The van der Waals surface area contributed by atoms with Gasteiger partial charge in [0.25, 0.3) is 0 Å². The van der Waals surface area contributed by atoms with Crippen molar-refractivity contribution in [2.45, 2.75) is 46.1 Å². The lowest BCUT2D eigenvalue weighted by atomic mass is 9.89. The molecule has 0 unspecified atom stereocenters. The summed E-state index contributed by atoms with van der Waals surface area (Å²) in [5, 5.41) is 0. The van der Waals surface area contributed by atoms with E-state index >= 15 is 0 Å². The average molecular weight is 349 g/mol. The van der Waals surface area contributed by atoms with Crippen molar-refractivity contribution in [2.75, 3.05) is 23.9 Å². The second-order valence-corrected chi connectivity index (χ2v) is 8.02. The third-order valence-electron chi connectivity index (χ3n) is 4.43. The Labute approximate surface area is 151 Å². The first kappa shape index (κ1) is 18.9. The van der Waals surface area contributed by atoms with E-state index in [9.17, 15) is 4.79 Å². The number of likely N-dealkylation sites (tertiary alicyclic amines) is 1. The van der Waals surface area contributed by atoms with Gasteiger partial charge in [0, 0.05) is 30.5 Å². The molecule has 1 aliphatic rings. The molecule has 132 valence electrons. The first-order valence-electron chi connectivity index (χ1n) is 8.67. The zero-order valence-corrected chi connectivity index (χ0v) is 15.9. The van der Waals surface area contributed by atoms with Gasteiger partial charge in [-0.1, -0.05) is 45.5 Å². The van der Waals surface area contributed by atoms with Crippen molar-refractivity contribution in [1.29, 1.82) is 0 Å². The highest BCUT2D eigenvalue weighted by Crippen LogP contribution is 2.29. The number of carbonyl (C=O) groups is 1. The molecule has 3 nitrogen and oxygen atoms in total. The topological polar surface area (TPSA) is 23.6 Å². The number of rotatable bonds is 5. The van der Waals surface area contributed by atoms with E-state index in [0.717, 1.165) is 38.0 Å². The highest BCUT2D eigenvalue weighted by Gasteiger charge is 2.29. The Bertz CT molecular complexity index is 557. The van der Waals surface area contributed by atoms with Gasteiger partial charge in [0.05, 0.1) is 0 Å². The van der Waals surface area contributed by atoms with Crippen LogP contribution in [0.4, 0.5) is 5.69 Å². The van der Waals surface area contributed by atoms with Crippen LogP contribution in [0.2, 0.25) is 0 Å². The lowest BCUT2D eigenvalue weighted by molar-refractivity contribution is -0.116. The summed E-state index contributed by atoms with van der Waals surface area (Å²) in [6.07, 6.45) is 2.89. The summed E-state index contributed by atoms with van der Waals surface area (Å²) in [7, 11) is 0. The third kappa shape index (κ3) is 5.01. The Hall–Kier alpha value is -1.48. The van der Waals surface area contributed by atoms with Crippen molar-refractivity contribution in [2.24, 2.45) is 5.41 Å². The van der Waals surface area contributed by atoms with Gasteiger partial charge >= 0.3 is 0 Å². The molecular formula is C20H29ClN2O. The molecule has 1 saturated heterocycles. The number of hydrogen-bond donors (Lipinski definition) is 0. The van der Waals surface area contributed by atoms with E-state index in [2.05, 4.69) is 32.3 Å². The Kier molecular flexibility index (Phi) is 6.34. The number of halogens is 1. The molecule has 2 rings (SSSR count). The number of anilines is 1. The van der Waals surface area contributed by atoms with Gasteiger partial charge in [-0.3, -0.25) is 4.79 Å². The summed E-state index contributed by atoms with van der Waals surface area (Å²) >= 11 is 5.85. The minimum Gasteiger partial charge on any atom is -0.375 e. The molecule has 0 atom stereocenters. The molecule has 0 bridgehead atoms. The SMILES string of the molecule is C=C(CC(C)(C)C)N1CCC(N(C(=O)CCl)c2ccccc2)CC1. The van der Waals surface area contributed by atoms with Gasteiger partial charge in [0.15, 0.2) is 0 Å². The number of piperidine rings is 1. The largest absolute Gasteiger partial charge is 0.375 e. The zero-order chi connectivity index (χ0) is 17.7. The van der Waals surface area contributed by atoms with Crippen LogP contribution in [-0.2, 0) is 4.79 Å². The van der Waals surface area contributed by atoms with Crippen molar-refractivity contribution in [3.05, 3.63) is 42.6 Å². The monoisotopic (exact) mass is 348 g/mol. The molecule has 0 radical (unpaired) electrons. The van der Waals surface area contributed by atoms with Gasteiger partial charge in [0.1, 0.15) is 5.88 Å². The standard InChI is InChI=1S/C20H29ClN2O/c1-16(14-20(2,3)4)22-12-10-18(11-13-22)23(19(24)15-21)17-8-6-5-7-9-17/h5-9,18H,1,10-15H2,2-4H3. The van der Waals surface area contributed by atoms with E-state index in [-0.39, 0.29) is 23.2 Å². The third-order valence-corrected chi connectivity index (χ3v) is 4.66. The van der Waals surface area contributed by atoms with E-state index in [1.165, 1.54) is 5.70 Å². The quantitative estimate of drug-likeness (QED) is 0.722. The minimum atomic E-state index is -0.0187. The molecule has 24 heavy (non-hydrogen) atoms. The molecule has 1 fully saturated rings. The predicted molar refractivity (Wildman–Crippen MR) is 102 cm³/mol. The fourth-order valence-electron chi connectivity index (χ4n) is 3.38. The van der Waals surface area contributed by atoms with Crippen LogP contribution in [0.3, 0.4) is 0 Å². The maximum atomic E-state index is 12.4. The van der Waals surface area contributed by atoms with Gasteiger partial charge in [0.2, 0.25) is 5.91 Å². The Morgan fingerprint density at radius 3 is 2.33 bits per heavy atom. The molecule has 4 heteroatoms. The van der Waals surface area contributed by atoms with Crippen LogP contribution >= 0.6 is 11.6 Å². The van der Waals surface area contributed by atoms with Gasteiger partial charge in [-0.2, -0.15) is 0 Å². The van der Waals surface area contributed by atoms with Crippen LogP contribution in [0.15, 0.2) is 42.6 Å². The van der Waals surface area contributed by atoms with Gasteiger partial charge in [-0.05, 0) is 36.8 Å². The lowest BCUT2D eigenvalue weighted by Gasteiger charge is -2.41. The second kappa shape index (κ2) is 8.06. The van der Waals surface area contributed by atoms with Crippen molar-refractivity contribution < 1.29 is 4.79 Å². The Balaban J connectivity index is 2.03. The minimum absolute atomic E-state index is 0.0187. The maximum Gasteiger partial charge on any atom is 0.242 e. The fraction of sp³-hybridized carbons (Fsp3) is 0.550. The van der Waals surface area contributed by atoms with Crippen LogP contribution in [0.1, 0.15) is 40.0 Å². The van der Waals surface area contributed by atoms with Crippen LogP contribution in [0.5, 0.6) is 0 Å². The molecule has 1 aliphatic heterocycles. The first-order valence-corrected chi connectivity index (χ1v) is 9.21. The summed E-state index contributed by atoms with van der Waals surface area (Å²) in [4.78, 5) is 16.6. The fourth-order valence-corrected chi connectivity index (χ4v) is 3.50. The van der Waals surface area contributed by atoms with Crippen molar-refractivity contribution in [3.63, 3.8) is 0 Å². The first-order chi connectivity index (χ1) is 11.3. The molecule has 1 heterocycles. The predicted octanol–water partition coefficient (Wildman–Crippen LogP) is 4.67. The number of carbonyl (C=O) groups excluding carboxylic acids is 1. The van der Waals surface area contributed by atoms with Crippen LogP contribution < -0.4 is 4.90 Å². The van der Waals surface area contributed by atoms with Gasteiger partial charge in [-0.15, -0.1) is 11.6 Å². The summed E-state index contributed by atoms with van der Waals surface area (Å²) in [5.74, 6) is 0.00101. The number of nitrogens with zero attached hydrogens (tertiary/aromatic N) is 2. The molecule has 0 N–H and O–H groups in total. The zero-order valence-electron chi connectivity index (χ0n) is 15.1. The lowest BCUT2D eigenvalue weighted by Crippen LogP contribution is -2.48. The summed E-state index contributed by atoms with van der Waals surface area (Å²) in [5.41, 5.74) is 2.39. The number of benzene rings is 1. The van der Waals surface area contributed by atoms with Gasteiger partial charge < -0.3 is 9.80 Å². The summed E-state index contributed by atoms with van der Waals surface area (Å²) in [6, 6.07) is 10.1. The van der Waals surface area contributed by atoms with Crippen LogP contribution in [0, 0.1) is 5.41 Å². The van der Waals surface area contributed by atoms with E-state index < -0.39 is 0 Å². The maximum absolute atomic E-state index is 12.4. The number of alkyl halides is 1. The van der Waals surface area contributed by atoms with Crippen molar-refractivity contribution in [3.8, 4) is 0 Å². The van der Waals surface area contributed by atoms with E-state index in [1.807, 2.05) is 35.2 Å². The molecule has 0 aliphatic carbocycles. The summed E-state index contributed by atoms with van der Waals surface area (Å²) < 4.78 is 0. The molecular weight excluding hydrogens is 320 g/mol. The van der Waals surface area contributed by atoms with E-state index in [0.29, 0.717) is 0 Å². The van der Waals surface area contributed by atoms with E-state index in [1.54, 1.807) is 0 Å². The Morgan fingerprint density at radius 2 is 1.83 bits per heavy atom. The van der Waals surface area contributed by atoms with Crippen molar-refractivity contribution in [1.82, 2.24) is 4.90 Å².